The molecule has 0 unspecified atom stereocenters. The molecule has 0 saturated carbocycles. The summed E-state index contributed by atoms with van der Waals surface area (Å²) in [7, 11) is -2.87. The zero-order valence-corrected chi connectivity index (χ0v) is 8.76. The second-order valence-corrected chi connectivity index (χ2v) is 5.90. The molecule has 1 fully saturated rings. The summed E-state index contributed by atoms with van der Waals surface area (Å²) in [6, 6.07) is 0.182. The summed E-state index contributed by atoms with van der Waals surface area (Å²) < 4.78 is 21.8. The van der Waals surface area contributed by atoms with Crippen molar-refractivity contribution in [2.75, 3.05) is 31.7 Å². The molecule has 1 heterocycles. The number of likely N-dealkylation sites (tertiary alicyclic amines) is 1. The Bertz CT molecular complexity index is 250. The maximum atomic E-state index is 10.9. The van der Waals surface area contributed by atoms with E-state index < -0.39 is 9.84 Å². The predicted molar refractivity (Wildman–Crippen MR) is 51.4 cm³/mol. The molecule has 0 bridgehead atoms. The molecule has 0 radical (unpaired) electrons. The summed E-state index contributed by atoms with van der Waals surface area (Å²) in [6.45, 7) is 1.62. The van der Waals surface area contributed by atoms with Crippen molar-refractivity contribution < 1.29 is 13.5 Å². The summed E-state index contributed by atoms with van der Waals surface area (Å²) in [4.78, 5) is 2.06. The highest BCUT2D eigenvalue weighted by atomic mass is 32.2. The van der Waals surface area contributed by atoms with E-state index in [4.69, 9.17) is 5.11 Å². The minimum atomic E-state index is -2.87. The van der Waals surface area contributed by atoms with E-state index in [1.165, 1.54) is 6.26 Å². The monoisotopic (exact) mass is 207 g/mol. The van der Waals surface area contributed by atoms with E-state index >= 15 is 0 Å². The van der Waals surface area contributed by atoms with Crippen molar-refractivity contribution in [1.29, 1.82) is 0 Å². The Kier molecular flexibility index (Phi) is 3.70. The van der Waals surface area contributed by atoms with Crippen LogP contribution < -0.4 is 0 Å². The second-order valence-electron chi connectivity index (χ2n) is 3.64. The van der Waals surface area contributed by atoms with E-state index in [9.17, 15) is 8.42 Å². The molecule has 13 heavy (non-hydrogen) atoms. The Morgan fingerprint density at radius 2 is 2.23 bits per heavy atom. The third kappa shape index (κ3) is 3.62. The molecule has 4 nitrogen and oxygen atoms in total. The summed E-state index contributed by atoms with van der Waals surface area (Å²) in [5.41, 5.74) is 0. The highest BCUT2D eigenvalue weighted by Crippen LogP contribution is 2.15. The van der Waals surface area contributed by atoms with Gasteiger partial charge in [-0.15, -0.1) is 0 Å². The van der Waals surface area contributed by atoms with Crippen LogP contribution >= 0.6 is 0 Å². The lowest BCUT2D eigenvalue weighted by Crippen LogP contribution is -2.35. The van der Waals surface area contributed by atoms with Crippen LogP contribution in [0, 0.1) is 0 Å². The molecule has 1 rings (SSSR count). The molecule has 0 spiro atoms. The summed E-state index contributed by atoms with van der Waals surface area (Å²) in [5, 5.41) is 8.97. The molecule has 0 aromatic rings. The van der Waals surface area contributed by atoms with Crippen LogP contribution in [0.15, 0.2) is 0 Å². The van der Waals surface area contributed by atoms with Crippen molar-refractivity contribution in [2.45, 2.75) is 18.9 Å². The van der Waals surface area contributed by atoms with E-state index in [-0.39, 0.29) is 18.4 Å². The molecule has 78 valence electrons. The van der Waals surface area contributed by atoms with Crippen LogP contribution in [0.1, 0.15) is 12.8 Å². The van der Waals surface area contributed by atoms with Gasteiger partial charge < -0.3 is 5.11 Å². The van der Waals surface area contributed by atoms with Crippen LogP contribution in [0.5, 0.6) is 0 Å². The first kappa shape index (κ1) is 10.9. The van der Waals surface area contributed by atoms with Gasteiger partial charge in [0.05, 0.1) is 12.4 Å². The third-order valence-corrected chi connectivity index (χ3v) is 3.38. The molecular formula is C8H17NO3S. The second kappa shape index (κ2) is 4.39. The Hall–Kier alpha value is -0.130. The SMILES string of the molecule is CS(=O)(=O)CCN1CCC[C@H]1CO. The minimum absolute atomic E-state index is 0.143. The molecule has 1 N–H and O–H groups in total. The average molecular weight is 207 g/mol. The molecule has 0 aliphatic carbocycles. The van der Waals surface area contributed by atoms with Crippen molar-refractivity contribution in [3.05, 3.63) is 0 Å². The minimum Gasteiger partial charge on any atom is -0.395 e. The Morgan fingerprint density at radius 3 is 2.77 bits per heavy atom. The van der Waals surface area contributed by atoms with Gasteiger partial charge in [-0.1, -0.05) is 0 Å². The van der Waals surface area contributed by atoms with Gasteiger partial charge in [-0.05, 0) is 19.4 Å². The molecule has 1 atom stereocenters. The van der Waals surface area contributed by atoms with Crippen LogP contribution in [0.25, 0.3) is 0 Å². The Labute approximate surface area is 79.5 Å². The van der Waals surface area contributed by atoms with Crippen molar-refractivity contribution >= 4 is 9.84 Å². The van der Waals surface area contributed by atoms with Gasteiger partial charge >= 0.3 is 0 Å². The van der Waals surface area contributed by atoms with Gasteiger partial charge in [-0.3, -0.25) is 4.90 Å². The highest BCUT2D eigenvalue weighted by molar-refractivity contribution is 7.90. The lowest BCUT2D eigenvalue weighted by molar-refractivity contribution is 0.165. The normalized spacial score (nSPS) is 25.2. The zero-order chi connectivity index (χ0) is 9.90. The fourth-order valence-electron chi connectivity index (χ4n) is 1.68. The van der Waals surface area contributed by atoms with E-state index in [0.29, 0.717) is 6.54 Å². The van der Waals surface area contributed by atoms with Gasteiger partial charge in [-0.2, -0.15) is 0 Å². The van der Waals surface area contributed by atoms with Crippen LogP contribution in [0.2, 0.25) is 0 Å². The van der Waals surface area contributed by atoms with Gasteiger partial charge in [0.15, 0.2) is 0 Å². The van der Waals surface area contributed by atoms with Gasteiger partial charge in [0.25, 0.3) is 0 Å². The fourth-order valence-corrected chi connectivity index (χ4v) is 2.25. The molecule has 1 aliphatic rings. The van der Waals surface area contributed by atoms with Gasteiger partial charge in [-0.25, -0.2) is 8.42 Å². The number of aliphatic hydroxyl groups excluding tert-OH is 1. The predicted octanol–water partition coefficient (Wildman–Crippen LogP) is -0.512. The first-order valence-electron chi connectivity index (χ1n) is 4.55. The van der Waals surface area contributed by atoms with Crippen LogP contribution in [-0.4, -0.2) is 56.2 Å². The molecule has 1 saturated heterocycles. The van der Waals surface area contributed by atoms with Crippen LogP contribution in [-0.2, 0) is 9.84 Å². The average Bonchev–Trinajstić information content (AvgIpc) is 2.46. The molecule has 5 heteroatoms. The smallest absolute Gasteiger partial charge is 0.148 e. The maximum absolute atomic E-state index is 10.9. The van der Waals surface area contributed by atoms with Crippen LogP contribution in [0.4, 0.5) is 0 Å². The van der Waals surface area contributed by atoms with Gasteiger partial charge in [0, 0.05) is 18.8 Å². The van der Waals surface area contributed by atoms with E-state index in [1.54, 1.807) is 0 Å². The first-order chi connectivity index (χ1) is 6.03. The first-order valence-corrected chi connectivity index (χ1v) is 6.61. The standard InChI is InChI=1S/C8H17NO3S/c1-13(11,12)6-5-9-4-2-3-8(9)7-10/h8,10H,2-7H2,1H3/t8-/m0/s1. The van der Waals surface area contributed by atoms with E-state index in [0.717, 1.165) is 19.4 Å². The van der Waals surface area contributed by atoms with Gasteiger partial charge in [0.1, 0.15) is 9.84 Å². The summed E-state index contributed by atoms with van der Waals surface area (Å²) in [5.74, 6) is 0.198. The fraction of sp³-hybridized carbons (Fsp3) is 1.00. The third-order valence-electron chi connectivity index (χ3n) is 2.46. The number of sulfone groups is 1. The van der Waals surface area contributed by atoms with E-state index in [1.807, 2.05) is 0 Å². The molecule has 0 amide bonds. The number of nitrogens with zero attached hydrogens (tertiary/aromatic N) is 1. The lowest BCUT2D eigenvalue weighted by Gasteiger charge is -2.21. The summed E-state index contributed by atoms with van der Waals surface area (Å²) >= 11 is 0. The van der Waals surface area contributed by atoms with Crippen molar-refractivity contribution in [3.63, 3.8) is 0 Å². The molecular weight excluding hydrogens is 190 g/mol. The zero-order valence-electron chi connectivity index (χ0n) is 7.94. The Morgan fingerprint density at radius 1 is 1.54 bits per heavy atom. The molecule has 0 aromatic carbocycles. The highest BCUT2D eigenvalue weighted by Gasteiger charge is 2.23. The number of rotatable bonds is 4. The van der Waals surface area contributed by atoms with Crippen molar-refractivity contribution in [1.82, 2.24) is 4.90 Å². The number of hydrogen-bond donors (Lipinski definition) is 1. The number of hydrogen-bond acceptors (Lipinski definition) is 4. The summed E-state index contributed by atoms with van der Waals surface area (Å²) in [6.07, 6.45) is 3.30. The van der Waals surface area contributed by atoms with Gasteiger partial charge in [0.2, 0.25) is 0 Å². The lowest BCUT2D eigenvalue weighted by atomic mass is 10.2. The van der Waals surface area contributed by atoms with Crippen molar-refractivity contribution in [2.24, 2.45) is 0 Å². The number of aliphatic hydroxyl groups is 1. The van der Waals surface area contributed by atoms with Crippen molar-refractivity contribution in [3.8, 4) is 0 Å². The Balaban J connectivity index is 2.36. The largest absolute Gasteiger partial charge is 0.395 e. The van der Waals surface area contributed by atoms with E-state index in [2.05, 4.69) is 4.90 Å². The molecule has 1 aliphatic heterocycles. The molecule has 0 aromatic heterocycles. The quantitative estimate of drug-likeness (QED) is 0.674. The van der Waals surface area contributed by atoms with Crippen LogP contribution in [0.3, 0.4) is 0 Å². The topological polar surface area (TPSA) is 57.6 Å². The maximum Gasteiger partial charge on any atom is 0.148 e.